The maximum absolute atomic E-state index is 11.2. The maximum Gasteiger partial charge on any atom is 0.135 e. The second kappa shape index (κ2) is 9.54. The zero-order chi connectivity index (χ0) is 27.8. The third-order valence-electron chi connectivity index (χ3n) is 6.68. The minimum Gasteiger partial charge on any atom is -0.0620 e. The molecule has 0 heterocycles. The second-order valence-electron chi connectivity index (χ2n) is 9.26. The molecule has 5 aromatic rings. The summed E-state index contributed by atoms with van der Waals surface area (Å²) in [5.41, 5.74) is 5.92. The molecule has 0 aromatic heterocycles. The van der Waals surface area contributed by atoms with Crippen LogP contribution >= 0.6 is 7.26 Å². The van der Waals surface area contributed by atoms with Gasteiger partial charge in [0.05, 0.1) is 0 Å². The van der Waals surface area contributed by atoms with Gasteiger partial charge in [-0.25, -0.2) is 0 Å². The van der Waals surface area contributed by atoms with Crippen LogP contribution < -0.4 is 15.9 Å². The Morgan fingerprint density at radius 3 is 0.949 bits per heavy atom. The Balaban J connectivity index is 0.000000392. The molecule has 0 spiro atoms. The Labute approximate surface area is 226 Å². The molecule has 0 unspecified atom stereocenters. The molecule has 1 aliphatic rings. The van der Waals surface area contributed by atoms with Gasteiger partial charge in [-0.2, -0.15) is 0 Å². The van der Waals surface area contributed by atoms with E-state index in [1.165, 1.54) is 38.2 Å². The number of hydrogen-bond donors (Lipinski definition) is 0. The molecule has 0 fully saturated rings. The van der Waals surface area contributed by atoms with Gasteiger partial charge in [0, 0.05) is 11.1 Å². The molecule has 0 saturated heterocycles. The topological polar surface area (TPSA) is 0 Å². The van der Waals surface area contributed by atoms with Gasteiger partial charge in [-0.3, -0.25) is 0 Å². The van der Waals surface area contributed by atoms with E-state index in [0.29, 0.717) is 0 Å². The number of benzene rings is 5. The third kappa shape index (κ3) is 6.08. The second-order valence-corrected chi connectivity index (χ2v) is 18.2. The largest absolute Gasteiger partial charge is 0.135 e. The van der Waals surface area contributed by atoms with Crippen molar-refractivity contribution < 1.29 is 16.9 Å². The van der Waals surface area contributed by atoms with Crippen molar-refractivity contribution in [1.82, 2.24) is 0 Å². The van der Waals surface area contributed by atoms with E-state index in [4.69, 9.17) is 0 Å². The molecule has 0 saturated carbocycles. The van der Waals surface area contributed by atoms with E-state index in [1.54, 1.807) is 0 Å². The predicted molar refractivity (Wildman–Crippen MR) is 151 cm³/mol. The van der Waals surface area contributed by atoms with Gasteiger partial charge in [0.2, 0.25) is 0 Å². The van der Waals surface area contributed by atoms with E-state index in [0.717, 1.165) is 0 Å². The third-order valence-corrected chi connectivity index (χ3v) is 11.3. The predicted octanol–water partition coefficient (Wildman–Crippen LogP) is 8.89. The number of fused-ring (bicyclic) bond motifs is 3. The van der Waals surface area contributed by atoms with Gasteiger partial charge in [-0.05, 0) is 47.5 Å². The Kier molecular flexibility index (Phi) is 6.72. The van der Waals surface area contributed by atoms with E-state index < -0.39 is 26.7 Å². The molecule has 5 aromatic carbocycles. The summed E-state index contributed by atoms with van der Waals surface area (Å²) < 4.78 is 59.6. The average molecular weight is 663 g/mol. The minimum atomic E-state index is -11.2. The summed E-state index contributed by atoms with van der Waals surface area (Å²) >= 11 is -11.2. The zero-order valence-corrected chi connectivity index (χ0v) is 24.0. The molecule has 0 N–H and O–H groups in total. The molecule has 0 amide bonds. The van der Waals surface area contributed by atoms with Crippen LogP contribution in [0.5, 0.6) is 0 Å². The van der Waals surface area contributed by atoms with E-state index in [2.05, 4.69) is 140 Å². The van der Waals surface area contributed by atoms with E-state index in [1.807, 2.05) is 0 Å². The van der Waals surface area contributed by atoms with Gasteiger partial charge in [0.25, 0.3) is 0 Å². The van der Waals surface area contributed by atoms with Crippen LogP contribution in [0.15, 0.2) is 140 Å². The molecule has 0 atom stereocenters. The number of halogens is 6. The summed E-state index contributed by atoms with van der Waals surface area (Å²) in [5, 5.41) is 4.27. The van der Waals surface area contributed by atoms with E-state index in [-0.39, 0.29) is 5.66 Å². The monoisotopic (exact) mass is 662 g/mol. The fraction of sp³-hybridized carbons (Fsp3) is 0.0323. The van der Waals surface area contributed by atoms with Crippen LogP contribution in [0.1, 0.15) is 16.8 Å². The van der Waals surface area contributed by atoms with Crippen LogP contribution in [0.3, 0.4) is 0 Å². The summed E-state index contributed by atoms with van der Waals surface area (Å²) in [4.78, 5) is 0. The molecule has 200 valence electrons. The van der Waals surface area contributed by atoms with Crippen LogP contribution in [-0.4, -0.2) is 19.5 Å². The summed E-state index contributed by atoms with van der Waals surface area (Å²) in [5.74, 6) is 0. The van der Waals surface area contributed by atoms with Crippen molar-refractivity contribution in [2.45, 2.75) is 5.66 Å². The molecule has 0 aliphatic heterocycles. The minimum absolute atomic E-state index is 0.280. The molecule has 0 bridgehead atoms. The Morgan fingerprint density at radius 2 is 0.641 bits per heavy atom. The molecule has 6 rings (SSSR count). The zero-order valence-electron chi connectivity index (χ0n) is 20.5. The van der Waals surface area contributed by atoms with E-state index >= 15 is 0 Å². The molecular formula is C31H24F6PSb. The molecular weight excluding hydrogens is 639 g/mol. The van der Waals surface area contributed by atoms with Gasteiger partial charge in [-0.15, -0.1) is 0 Å². The van der Waals surface area contributed by atoms with Crippen molar-refractivity contribution in [3.05, 3.63) is 151 Å². The van der Waals surface area contributed by atoms with Gasteiger partial charge in [0.15, 0.2) is 0 Å². The van der Waals surface area contributed by atoms with Gasteiger partial charge in [-0.1, -0.05) is 103 Å². The van der Waals surface area contributed by atoms with Gasteiger partial charge < -0.3 is 0 Å². The summed E-state index contributed by atoms with van der Waals surface area (Å²) in [7, 11) is -2.07. The average Bonchev–Trinajstić information content (AvgIpc) is 3.24. The van der Waals surface area contributed by atoms with Crippen LogP contribution in [0, 0.1) is 0 Å². The van der Waals surface area contributed by atoms with E-state index in [9.17, 15) is 16.9 Å². The summed E-state index contributed by atoms with van der Waals surface area (Å²) in [6.45, 7) is 0. The van der Waals surface area contributed by atoms with Crippen molar-refractivity contribution in [2.24, 2.45) is 0 Å². The smallest absolute Gasteiger partial charge is 0.0620 e. The van der Waals surface area contributed by atoms with Crippen molar-refractivity contribution >= 4 is 42.7 Å². The Bertz CT molecular complexity index is 1440. The molecule has 1 aliphatic carbocycles. The van der Waals surface area contributed by atoms with Crippen LogP contribution in [0.2, 0.25) is 0 Å². The number of rotatable bonds is 4. The fourth-order valence-electron chi connectivity index (χ4n) is 5.43. The molecule has 39 heavy (non-hydrogen) atoms. The quantitative estimate of drug-likeness (QED) is 0.102. The van der Waals surface area contributed by atoms with Crippen molar-refractivity contribution in [1.29, 1.82) is 0 Å². The van der Waals surface area contributed by atoms with Crippen LogP contribution in [-0.2, 0) is 0 Å². The van der Waals surface area contributed by atoms with Crippen molar-refractivity contribution in [3.8, 4) is 11.1 Å². The first-order valence-corrected chi connectivity index (χ1v) is 19.8. The first-order chi connectivity index (χ1) is 18.4. The Morgan fingerprint density at radius 1 is 0.385 bits per heavy atom. The van der Waals surface area contributed by atoms with Crippen molar-refractivity contribution in [3.63, 3.8) is 0 Å². The summed E-state index contributed by atoms with van der Waals surface area (Å²) in [6.07, 6.45) is 0. The van der Waals surface area contributed by atoms with Gasteiger partial charge in [0.1, 0.15) is 28.8 Å². The summed E-state index contributed by atoms with van der Waals surface area (Å²) in [6, 6.07) is 51.7. The molecule has 0 nitrogen and oxygen atoms in total. The first-order valence-electron chi connectivity index (χ1n) is 12.2. The Hall–Kier alpha value is -3.07. The maximum atomic E-state index is 9.93. The molecule has 8 heteroatoms. The molecule has 0 radical (unpaired) electrons. The first kappa shape index (κ1) is 27.5. The SMILES string of the molecule is [F][Sb-]([F])([F])([F])([F])[F].c1ccc([P+](c2ccccc2)(c2ccccc2)C2c3ccccc3-c3ccccc32)cc1. The fourth-order valence-corrected chi connectivity index (χ4v) is 10.4. The van der Waals surface area contributed by atoms with Crippen LogP contribution in [0.25, 0.3) is 11.1 Å². The normalized spacial score (nSPS) is 14.7. The van der Waals surface area contributed by atoms with Crippen LogP contribution in [0.4, 0.5) is 16.9 Å². The van der Waals surface area contributed by atoms with Crippen molar-refractivity contribution in [2.75, 3.05) is 0 Å². The number of hydrogen-bond acceptors (Lipinski definition) is 0. The standard InChI is InChI=1S/C31H24P.6FH.Sb/c1-4-14-24(15-5-1)32(25-16-6-2-7-17-25,26-18-8-3-9-19-26)31-29-22-12-10-20-27(29)28-21-11-13-23-30(28)31;;;;;;;/h1-23,31H;6*1H;/q+1;;;;;;;+5/p-6. The van der Waals surface area contributed by atoms with Gasteiger partial charge >= 0.3 is 36.4 Å².